The Morgan fingerprint density at radius 3 is 2.13 bits per heavy atom. The minimum absolute atomic E-state index is 0.00341. The summed E-state index contributed by atoms with van der Waals surface area (Å²) in [6.45, 7) is 10.5. The highest BCUT2D eigenvalue weighted by atomic mass is 16.7. The van der Waals surface area contributed by atoms with Gasteiger partial charge in [0.25, 0.3) is 0 Å². The third kappa shape index (κ3) is 4.96. The summed E-state index contributed by atoms with van der Waals surface area (Å²) in [4.78, 5) is 12.9. The van der Waals surface area contributed by atoms with Gasteiger partial charge >= 0.3 is 13.2 Å². The zero-order valence-corrected chi connectivity index (χ0v) is 22.7. The molecule has 0 atom stereocenters. The van der Waals surface area contributed by atoms with Crippen molar-refractivity contribution in [3.8, 4) is 11.1 Å². The standard InChI is InChI=1S/C31H35BN2O4/c1-20-16-23(33)15-14-21(20)17-22(32-37-30(2,3)31(4,5)38-32)18-34-29(35)36-19-28-26-12-8-6-10-24(26)25-11-7-9-13-27(25)28/h6-17,28H,18-19,33H2,1-5H3,(H,34,35). The fourth-order valence-electron chi connectivity index (χ4n) is 5.08. The number of aryl methyl sites for hydroxylation is 1. The first kappa shape index (κ1) is 26.1. The molecule has 5 rings (SSSR count). The van der Waals surface area contributed by atoms with E-state index in [1.807, 2.05) is 83.2 Å². The molecule has 1 heterocycles. The van der Waals surface area contributed by atoms with Crippen LogP contribution in [-0.2, 0) is 14.0 Å². The van der Waals surface area contributed by atoms with Gasteiger partial charge in [0.1, 0.15) is 6.61 Å². The summed E-state index contributed by atoms with van der Waals surface area (Å²) in [5.74, 6) is 0.00341. The predicted octanol–water partition coefficient (Wildman–Crippen LogP) is 6.13. The largest absolute Gasteiger partial charge is 0.492 e. The number of anilines is 1. The highest BCUT2D eigenvalue weighted by Crippen LogP contribution is 2.44. The lowest BCUT2D eigenvalue weighted by Crippen LogP contribution is -2.41. The van der Waals surface area contributed by atoms with Crippen molar-refractivity contribution in [3.05, 3.63) is 94.5 Å². The third-order valence-corrected chi connectivity index (χ3v) is 7.97. The van der Waals surface area contributed by atoms with E-state index in [9.17, 15) is 4.79 Å². The molecule has 1 amide bonds. The topological polar surface area (TPSA) is 82.8 Å². The van der Waals surface area contributed by atoms with Gasteiger partial charge < -0.3 is 25.1 Å². The summed E-state index contributed by atoms with van der Waals surface area (Å²) in [5.41, 5.74) is 13.2. The summed E-state index contributed by atoms with van der Waals surface area (Å²) >= 11 is 0. The molecular formula is C31H35BN2O4. The van der Waals surface area contributed by atoms with Gasteiger partial charge in [-0.1, -0.05) is 60.7 Å². The molecule has 1 fully saturated rings. The molecule has 0 bridgehead atoms. The van der Waals surface area contributed by atoms with Crippen LogP contribution in [0.15, 0.2) is 72.2 Å². The van der Waals surface area contributed by atoms with Crippen molar-refractivity contribution < 1.29 is 18.8 Å². The maximum Gasteiger partial charge on any atom is 0.492 e. The number of amides is 1. The average Bonchev–Trinajstić information content (AvgIpc) is 3.30. The number of alkyl carbamates (subject to hydrolysis) is 1. The number of hydrogen-bond donors (Lipinski definition) is 2. The quantitative estimate of drug-likeness (QED) is 0.308. The Morgan fingerprint density at radius 2 is 1.55 bits per heavy atom. The summed E-state index contributed by atoms with van der Waals surface area (Å²) in [6, 6.07) is 22.3. The molecule has 0 saturated carbocycles. The van der Waals surface area contributed by atoms with Gasteiger partial charge in [0.2, 0.25) is 0 Å². The van der Waals surface area contributed by atoms with Gasteiger partial charge in [0.15, 0.2) is 0 Å². The molecule has 0 spiro atoms. The molecule has 7 heteroatoms. The van der Waals surface area contributed by atoms with Crippen molar-refractivity contribution in [3.63, 3.8) is 0 Å². The third-order valence-electron chi connectivity index (χ3n) is 7.97. The Hall–Kier alpha value is -3.55. The molecule has 196 valence electrons. The number of hydrogen-bond acceptors (Lipinski definition) is 5. The van der Waals surface area contributed by atoms with Gasteiger partial charge in [0.05, 0.1) is 11.2 Å². The van der Waals surface area contributed by atoms with Crippen LogP contribution in [0.25, 0.3) is 17.2 Å². The van der Waals surface area contributed by atoms with Crippen molar-refractivity contribution in [1.29, 1.82) is 0 Å². The fourth-order valence-corrected chi connectivity index (χ4v) is 5.08. The molecule has 38 heavy (non-hydrogen) atoms. The minimum Gasteiger partial charge on any atom is -0.449 e. The summed E-state index contributed by atoms with van der Waals surface area (Å²) in [5, 5.41) is 2.92. The van der Waals surface area contributed by atoms with Crippen LogP contribution in [0.2, 0.25) is 0 Å². The molecule has 0 unspecified atom stereocenters. The fraction of sp³-hybridized carbons (Fsp3) is 0.323. The number of ether oxygens (including phenoxy) is 1. The average molecular weight is 510 g/mol. The molecular weight excluding hydrogens is 475 g/mol. The van der Waals surface area contributed by atoms with E-state index in [1.54, 1.807) is 0 Å². The lowest BCUT2D eigenvalue weighted by Gasteiger charge is -2.32. The summed E-state index contributed by atoms with van der Waals surface area (Å²) in [6.07, 6.45) is 1.52. The van der Waals surface area contributed by atoms with Crippen molar-refractivity contribution >= 4 is 25.0 Å². The van der Waals surface area contributed by atoms with Gasteiger partial charge in [-0.05, 0) is 85.6 Å². The first-order chi connectivity index (χ1) is 18.1. The van der Waals surface area contributed by atoms with E-state index in [2.05, 4.69) is 29.6 Å². The first-order valence-electron chi connectivity index (χ1n) is 13.1. The number of nitrogen functional groups attached to an aromatic ring is 1. The lowest BCUT2D eigenvalue weighted by atomic mass is 9.76. The van der Waals surface area contributed by atoms with E-state index < -0.39 is 24.4 Å². The van der Waals surface area contributed by atoms with Crippen LogP contribution in [0.4, 0.5) is 10.5 Å². The second-order valence-electron chi connectivity index (χ2n) is 11.1. The van der Waals surface area contributed by atoms with Gasteiger partial charge in [0, 0.05) is 18.2 Å². The van der Waals surface area contributed by atoms with Crippen LogP contribution in [-0.4, -0.2) is 37.6 Å². The Balaban J connectivity index is 1.31. The van der Waals surface area contributed by atoms with E-state index in [0.29, 0.717) is 5.69 Å². The van der Waals surface area contributed by atoms with Crippen molar-refractivity contribution in [2.45, 2.75) is 51.7 Å². The number of carbonyl (C=O) groups excluding carboxylic acids is 1. The van der Waals surface area contributed by atoms with Crippen LogP contribution in [0.1, 0.15) is 55.9 Å². The second-order valence-corrected chi connectivity index (χ2v) is 11.1. The van der Waals surface area contributed by atoms with E-state index in [0.717, 1.165) is 16.6 Å². The molecule has 1 aliphatic heterocycles. The zero-order valence-electron chi connectivity index (χ0n) is 22.7. The highest BCUT2D eigenvalue weighted by molar-refractivity contribution is 6.56. The predicted molar refractivity (Wildman–Crippen MR) is 153 cm³/mol. The molecule has 1 aliphatic carbocycles. The number of rotatable bonds is 6. The van der Waals surface area contributed by atoms with E-state index in [-0.39, 0.29) is 19.1 Å². The Labute approximate surface area is 225 Å². The Morgan fingerprint density at radius 1 is 0.974 bits per heavy atom. The summed E-state index contributed by atoms with van der Waals surface area (Å²) in [7, 11) is -0.606. The number of benzene rings is 3. The molecule has 3 N–H and O–H groups in total. The highest BCUT2D eigenvalue weighted by Gasteiger charge is 2.52. The lowest BCUT2D eigenvalue weighted by molar-refractivity contribution is 0.00578. The number of fused-ring (bicyclic) bond motifs is 3. The molecule has 2 aliphatic rings. The van der Waals surface area contributed by atoms with Gasteiger partial charge in [-0.2, -0.15) is 0 Å². The minimum atomic E-state index is -0.606. The smallest absolute Gasteiger partial charge is 0.449 e. The van der Waals surface area contributed by atoms with Crippen LogP contribution in [0.3, 0.4) is 0 Å². The molecule has 3 aromatic rings. The van der Waals surface area contributed by atoms with Crippen LogP contribution in [0, 0.1) is 6.92 Å². The second kappa shape index (κ2) is 9.97. The SMILES string of the molecule is Cc1cc(N)ccc1C=C(CNC(=O)OCC1c2ccccc2-c2ccccc21)B1OC(C)(C)C(C)(C)O1. The monoisotopic (exact) mass is 510 g/mol. The van der Waals surface area contributed by atoms with Crippen LogP contribution in [0.5, 0.6) is 0 Å². The van der Waals surface area contributed by atoms with Crippen LogP contribution < -0.4 is 11.1 Å². The van der Waals surface area contributed by atoms with E-state index >= 15 is 0 Å². The zero-order chi connectivity index (χ0) is 27.1. The van der Waals surface area contributed by atoms with Gasteiger partial charge in [-0.15, -0.1) is 0 Å². The molecule has 0 radical (unpaired) electrons. The normalized spacial score (nSPS) is 17.7. The molecule has 0 aromatic heterocycles. The van der Waals surface area contributed by atoms with Gasteiger partial charge in [-0.3, -0.25) is 0 Å². The maximum atomic E-state index is 12.9. The van der Waals surface area contributed by atoms with E-state index in [4.69, 9.17) is 19.8 Å². The number of nitrogens with one attached hydrogen (secondary N) is 1. The molecule has 6 nitrogen and oxygen atoms in total. The number of nitrogens with two attached hydrogens (primary N) is 1. The van der Waals surface area contributed by atoms with Crippen molar-refractivity contribution in [2.24, 2.45) is 0 Å². The van der Waals surface area contributed by atoms with Crippen LogP contribution >= 0.6 is 0 Å². The first-order valence-corrected chi connectivity index (χ1v) is 13.1. The Kier molecular flexibility index (Phi) is 6.84. The van der Waals surface area contributed by atoms with Crippen molar-refractivity contribution in [1.82, 2.24) is 5.32 Å². The Bertz CT molecular complexity index is 1340. The maximum absolute atomic E-state index is 12.9. The summed E-state index contributed by atoms with van der Waals surface area (Å²) < 4.78 is 18.4. The van der Waals surface area contributed by atoms with E-state index in [1.165, 1.54) is 22.3 Å². The molecule has 1 saturated heterocycles. The van der Waals surface area contributed by atoms with Crippen molar-refractivity contribution in [2.75, 3.05) is 18.9 Å². The number of carbonyl (C=O) groups is 1. The molecule has 3 aromatic carbocycles. The van der Waals surface area contributed by atoms with Gasteiger partial charge in [-0.25, -0.2) is 4.79 Å².